The summed E-state index contributed by atoms with van der Waals surface area (Å²) in [6, 6.07) is 14.2. The molecular weight excluding hydrogens is 300 g/mol. The fraction of sp³-hybridized carbons (Fsp3) is 0.316. The van der Waals surface area contributed by atoms with Crippen molar-refractivity contribution >= 4 is 5.70 Å². The number of nitrogens with zero attached hydrogens (tertiary/aromatic N) is 2. The zero-order valence-electron chi connectivity index (χ0n) is 13.6. The molecule has 0 amide bonds. The van der Waals surface area contributed by atoms with Gasteiger partial charge >= 0.3 is 0 Å². The van der Waals surface area contributed by atoms with Gasteiger partial charge in [0.15, 0.2) is 0 Å². The number of hydrogen-bond donors (Lipinski definition) is 3. The molecule has 3 N–H and O–H groups in total. The van der Waals surface area contributed by atoms with Gasteiger partial charge in [-0.15, -0.1) is 0 Å². The number of benzene rings is 1. The minimum absolute atomic E-state index is 0.518. The normalized spacial score (nSPS) is 19.1. The van der Waals surface area contributed by atoms with Gasteiger partial charge < -0.3 is 5.32 Å². The third kappa shape index (κ3) is 2.94. The average Bonchev–Trinajstić information content (AvgIpc) is 3.05. The molecule has 0 saturated carbocycles. The highest BCUT2D eigenvalue weighted by Crippen LogP contribution is 2.34. The Morgan fingerprint density at radius 3 is 2.67 bits per heavy atom. The van der Waals surface area contributed by atoms with E-state index in [0.717, 1.165) is 48.4 Å². The van der Waals surface area contributed by atoms with E-state index in [1.807, 2.05) is 24.3 Å². The maximum atomic E-state index is 10.3. The van der Waals surface area contributed by atoms with Crippen LogP contribution in [0.5, 0.6) is 0 Å². The van der Waals surface area contributed by atoms with E-state index in [2.05, 4.69) is 33.9 Å². The van der Waals surface area contributed by atoms with Crippen molar-refractivity contribution in [2.75, 3.05) is 19.6 Å². The van der Waals surface area contributed by atoms with Gasteiger partial charge in [-0.3, -0.25) is 10.2 Å². The molecule has 5 nitrogen and oxygen atoms in total. The first-order chi connectivity index (χ1) is 11.8. The van der Waals surface area contributed by atoms with Crippen LogP contribution < -0.4 is 10.7 Å². The molecule has 0 bridgehead atoms. The van der Waals surface area contributed by atoms with Gasteiger partial charge in [0, 0.05) is 23.9 Å². The van der Waals surface area contributed by atoms with Crippen LogP contribution in [0.25, 0.3) is 17.0 Å². The molecule has 0 unspecified atom stereocenters. The standard InChI is InChI=1S/C19H22N4O/c24-23-19(17(13-22-23)14-7-10-20-11-8-14)16-5-3-4-15(12-16)18-6-1-2-9-21-18/h1-6,9,12,14,20,22,24H,7-8,10-11,13H2. The molecule has 0 aliphatic carbocycles. The van der Waals surface area contributed by atoms with E-state index in [1.165, 1.54) is 10.7 Å². The number of hydrogen-bond acceptors (Lipinski definition) is 5. The van der Waals surface area contributed by atoms with Gasteiger partial charge in [0.1, 0.15) is 0 Å². The largest absolute Gasteiger partial charge is 0.317 e. The Balaban J connectivity index is 1.73. The zero-order chi connectivity index (χ0) is 16.4. The summed E-state index contributed by atoms with van der Waals surface area (Å²) < 4.78 is 0. The highest BCUT2D eigenvalue weighted by molar-refractivity contribution is 5.73. The van der Waals surface area contributed by atoms with Crippen LogP contribution >= 0.6 is 0 Å². The van der Waals surface area contributed by atoms with Crippen LogP contribution in [0.3, 0.4) is 0 Å². The number of hydrazine groups is 1. The van der Waals surface area contributed by atoms with Crippen molar-refractivity contribution in [2.24, 2.45) is 5.92 Å². The van der Waals surface area contributed by atoms with Crippen molar-refractivity contribution in [3.8, 4) is 11.3 Å². The topological polar surface area (TPSA) is 60.4 Å². The Hall–Kier alpha value is -2.21. The van der Waals surface area contributed by atoms with Gasteiger partial charge in [-0.25, -0.2) is 5.43 Å². The lowest BCUT2D eigenvalue weighted by Gasteiger charge is -2.24. The van der Waals surface area contributed by atoms with Gasteiger partial charge in [-0.05, 0) is 55.6 Å². The SMILES string of the molecule is ON1NCC(C2CCNCC2)=C1c1cccc(-c2ccccn2)c1. The van der Waals surface area contributed by atoms with E-state index in [4.69, 9.17) is 0 Å². The number of pyridine rings is 1. The van der Waals surface area contributed by atoms with Crippen LogP contribution in [0, 0.1) is 5.92 Å². The molecule has 2 aromatic rings. The molecule has 1 saturated heterocycles. The van der Waals surface area contributed by atoms with E-state index in [9.17, 15) is 5.21 Å². The van der Waals surface area contributed by atoms with Gasteiger partial charge in [0.05, 0.1) is 11.4 Å². The van der Waals surface area contributed by atoms with E-state index >= 15 is 0 Å². The number of rotatable bonds is 3. The minimum Gasteiger partial charge on any atom is -0.317 e. The summed E-state index contributed by atoms with van der Waals surface area (Å²) in [6.07, 6.45) is 4.04. The summed E-state index contributed by atoms with van der Waals surface area (Å²) in [4.78, 5) is 4.43. The maximum Gasteiger partial charge on any atom is 0.0901 e. The van der Waals surface area contributed by atoms with E-state index in [0.29, 0.717) is 12.5 Å². The van der Waals surface area contributed by atoms with Gasteiger partial charge in [0.2, 0.25) is 0 Å². The number of aromatic nitrogens is 1. The first kappa shape index (κ1) is 15.3. The third-order valence-corrected chi connectivity index (χ3v) is 4.86. The van der Waals surface area contributed by atoms with Crippen molar-refractivity contribution in [2.45, 2.75) is 12.8 Å². The van der Waals surface area contributed by atoms with Crippen LogP contribution in [0.4, 0.5) is 0 Å². The fourth-order valence-corrected chi connectivity index (χ4v) is 3.63. The molecule has 0 radical (unpaired) electrons. The van der Waals surface area contributed by atoms with Gasteiger partial charge in [-0.1, -0.05) is 24.3 Å². The monoisotopic (exact) mass is 322 g/mol. The van der Waals surface area contributed by atoms with Crippen LogP contribution in [0.15, 0.2) is 54.2 Å². The molecular formula is C19H22N4O. The van der Waals surface area contributed by atoms with Crippen molar-refractivity contribution < 1.29 is 5.21 Å². The second-order valence-corrected chi connectivity index (χ2v) is 6.34. The molecule has 0 atom stereocenters. The summed E-state index contributed by atoms with van der Waals surface area (Å²) in [6.45, 7) is 2.80. The summed E-state index contributed by atoms with van der Waals surface area (Å²) in [5.74, 6) is 0.518. The number of nitrogens with one attached hydrogen (secondary N) is 2. The third-order valence-electron chi connectivity index (χ3n) is 4.86. The van der Waals surface area contributed by atoms with E-state index in [-0.39, 0.29) is 0 Å². The van der Waals surface area contributed by atoms with Crippen LogP contribution in [0.2, 0.25) is 0 Å². The Morgan fingerprint density at radius 2 is 1.88 bits per heavy atom. The van der Waals surface area contributed by atoms with Crippen molar-refractivity contribution in [1.29, 1.82) is 0 Å². The molecule has 2 aliphatic rings. The summed E-state index contributed by atoms with van der Waals surface area (Å²) in [7, 11) is 0. The number of piperidine rings is 1. The summed E-state index contributed by atoms with van der Waals surface area (Å²) >= 11 is 0. The number of hydroxylamine groups is 1. The quantitative estimate of drug-likeness (QED) is 0.811. The molecule has 4 rings (SSSR count). The molecule has 24 heavy (non-hydrogen) atoms. The van der Waals surface area contributed by atoms with Crippen LogP contribution in [-0.2, 0) is 0 Å². The van der Waals surface area contributed by atoms with E-state index in [1.54, 1.807) is 6.20 Å². The van der Waals surface area contributed by atoms with Crippen molar-refractivity contribution in [3.63, 3.8) is 0 Å². The zero-order valence-corrected chi connectivity index (χ0v) is 13.6. The van der Waals surface area contributed by atoms with Crippen LogP contribution in [-0.4, -0.2) is 35.0 Å². The second kappa shape index (κ2) is 6.73. The molecule has 0 spiro atoms. The lowest BCUT2D eigenvalue weighted by molar-refractivity contribution is -0.0639. The predicted octanol–water partition coefficient (Wildman–Crippen LogP) is 2.67. The highest BCUT2D eigenvalue weighted by Gasteiger charge is 2.29. The lowest BCUT2D eigenvalue weighted by Crippen LogP contribution is -2.30. The smallest absolute Gasteiger partial charge is 0.0901 e. The molecule has 2 aliphatic heterocycles. The molecule has 5 heteroatoms. The molecule has 1 aromatic heterocycles. The predicted molar refractivity (Wildman–Crippen MR) is 93.8 cm³/mol. The highest BCUT2D eigenvalue weighted by atomic mass is 16.5. The minimum atomic E-state index is 0.518. The van der Waals surface area contributed by atoms with Crippen molar-refractivity contribution in [1.82, 2.24) is 20.9 Å². The summed E-state index contributed by atoms with van der Waals surface area (Å²) in [5, 5.41) is 14.9. The lowest BCUT2D eigenvalue weighted by atomic mass is 9.87. The Morgan fingerprint density at radius 1 is 1.04 bits per heavy atom. The Labute approximate surface area is 142 Å². The first-order valence-corrected chi connectivity index (χ1v) is 8.51. The maximum absolute atomic E-state index is 10.3. The molecule has 124 valence electrons. The average molecular weight is 322 g/mol. The molecule has 3 heterocycles. The van der Waals surface area contributed by atoms with Crippen LogP contribution in [0.1, 0.15) is 18.4 Å². The van der Waals surface area contributed by atoms with Gasteiger partial charge in [0.25, 0.3) is 0 Å². The second-order valence-electron chi connectivity index (χ2n) is 6.34. The molecule has 1 fully saturated rings. The fourth-order valence-electron chi connectivity index (χ4n) is 3.63. The first-order valence-electron chi connectivity index (χ1n) is 8.51. The van der Waals surface area contributed by atoms with Crippen molar-refractivity contribution in [3.05, 3.63) is 59.8 Å². The summed E-state index contributed by atoms with van der Waals surface area (Å²) in [5.41, 5.74) is 8.29. The van der Waals surface area contributed by atoms with Gasteiger partial charge in [-0.2, -0.15) is 5.17 Å². The Bertz CT molecular complexity index is 738. The van der Waals surface area contributed by atoms with E-state index < -0.39 is 0 Å². The Kier molecular flexibility index (Phi) is 4.30. The molecule has 1 aromatic carbocycles.